The number of amides is 1. The van der Waals surface area contributed by atoms with Crippen molar-refractivity contribution in [2.45, 2.75) is 12.6 Å². The first-order valence-electron chi connectivity index (χ1n) is 9.00. The lowest BCUT2D eigenvalue weighted by Gasteiger charge is -2.33. The monoisotopic (exact) mass is 433 g/mol. The number of halogens is 3. The summed E-state index contributed by atoms with van der Waals surface area (Å²) in [6.45, 7) is 0.212. The van der Waals surface area contributed by atoms with E-state index in [1.165, 1.54) is 11.0 Å². The topological polar surface area (TPSA) is 91.3 Å². The molecule has 1 atom stereocenters. The number of aromatic amines is 2. The summed E-state index contributed by atoms with van der Waals surface area (Å²) in [5.41, 5.74) is 1.66. The van der Waals surface area contributed by atoms with Gasteiger partial charge in [0.15, 0.2) is 22.4 Å². The van der Waals surface area contributed by atoms with Crippen molar-refractivity contribution in [3.05, 3.63) is 68.4 Å². The second kappa shape index (κ2) is 6.68. The van der Waals surface area contributed by atoms with E-state index in [1.807, 2.05) is 0 Å². The SMILES string of the molecule is CN(C(=O)c1cc2oc(Cl)cc2[nH]1)C1COCc2[nH]c(=O)c3cc(F)c(F)cc3c21. The lowest BCUT2D eigenvalue weighted by atomic mass is 9.95. The summed E-state index contributed by atoms with van der Waals surface area (Å²) in [6.07, 6.45) is 0. The molecule has 0 aliphatic carbocycles. The van der Waals surface area contributed by atoms with Gasteiger partial charge in [-0.2, -0.15) is 0 Å². The van der Waals surface area contributed by atoms with Gasteiger partial charge in [0.05, 0.1) is 30.2 Å². The summed E-state index contributed by atoms with van der Waals surface area (Å²) in [4.78, 5) is 32.5. The second-order valence-electron chi connectivity index (χ2n) is 7.12. The van der Waals surface area contributed by atoms with E-state index in [-0.39, 0.29) is 40.8 Å². The number of carbonyl (C=O) groups is 1. The van der Waals surface area contributed by atoms with E-state index >= 15 is 0 Å². The molecule has 5 rings (SSSR count). The molecular formula is C20H14ClF2N3O4. The van der Waals surface area contributed by atoms with Crippen molar-refractivity contribution in [1.82, 2.24) is 14.9 Å². The Hall–Kier alpha value is -3.17. The number of rotatable bonds is 2. The van der Waals surface area contributed by atoms with Crippen LogP contribution in [0.5, 0.6) is 0 Å². The summed E-state index contributed by atoms with van der Waals surface area (Å²) in [5.74, 6) is -2.56. The molecular weight excluding hydrogens is 420 g/mol. The molecule has 4 heterocycles. The van der Waals surface area contributed by atoms with Crippen LogP contribution in [0.15, 0.2) is 33.5 Å². The van der Waals surface area contributed by atoms with E-state index in [4.69, 9.17) is 20.8 Å². The average Bonchev–Trinajstić information content (AvgIpc) is 3.25. The van der Waals surface area contributed by atoms with Gasteiger partial charge in [-0.05, 0) is 29.1 Å². The molecule has 7 nitrogen and oxygen atoms in total. The second-order valence-corrected chi connectivity index (χ2v) is 7.49. The van der Waals surface area contributed by atoms with Crippen LogP contribution in [-0.4, -0.2) is 34.4 Å². The van der Waals surface area contributed by atoms with Crippen LogP contribution in [0.1, 0.15) is 27.8 Å². The van der Waals surface area contributed by atoms with Gasteiger partial charge in [-0.3, -0.25) is 9.59 Å². The Morgan fingerprint density at radius 3 is 2.63 bits per heavy atom. The summed E-state index contributed by atoms with van der Waals surface area (Å²) in [5, 5.41) is 0.447. The number of ether oxygens (including phenoxy) is 1. The van der Waals surface area contributed by atoms with E-state index in [9.17, 15) is 18.4 Å². The minimum absolute atomic E-state index is 0.00688. The van der Waals surface area contributed by atoms with Gasteiger partial charge >= 0.3 is 0 Å². The van der Waals surface area contributed by atoms with Crippen molar-refractivity contribution in [3.8, 4) is 0 Å². The van der Waals surface area contributed by atoms with Crippen LogP contribution < -0.4 is 5.56 Å². The Labute approximate surface area is 172 Å². The largest absolute Gasteiger partial charge is 0.443 e. The molecule has 1 amide bonds. The number of nitrogens with one attached hydrogen (secondary N) is 2. The Bertz CT molecular complexity index is 1360. The first-order valence-corrected chi connectivity index (χ1v) is 9.38. The zero-order valence-electron chi connectivity index (χ0n) is 15.5. The van der Waals surface area contributed by atoms with Crippen LogP contribution >= 0.6 is 11.6 Å². The predicted octanol–water partition coefficient (Wildman–Crippen LogP) is 3.88. The Balaban J connectivity index is 1.61. The molecule has 1 aliphatic rings. The number of furan rings is 1. The molecule has 0 bridgehead atoms. The summed E-state index contributed by atoms with van der Waals surface area (Å²) in [7, 11) is 1.57. The lowest BCUT2D eigenvalue weighted by Crippen LogP contribution is -2.37. The molecule has 2 N–H and O–H groups in total. The van der Waals surface area contributed by atoms with Gasteiger partial charge in [-0.1, -0.05) is 0 Å². The molecule has 3 aromatic heterocycles. The number of likely N-dealkylation sites (N-methyl/N-ethyl adjacent to an activating group) is 1. The number of pyridine rings is 1. The van der Waals surface area contributed by atoms with E-state index in [0.29, 0.717) is 22.4 Å². The normalized spacial score (nSPS) is 16.2. The fourth-order valence-electron chi connectivity index (χ4n) is 3.89. The van der Waals surface area contributed by atoms with E-state index in [0.717, 1.165) is 12.1 Å². The highest BCUT2D eigenvalue weighted by Crippen LogP contribution is 2.34. The van der Waals surface area contributed by atoms with Gasteiger partial charge in [-0.15, -0.1) is 0 Å². The summed E-state index contributed by atoms with van der Waals surface area (Å²) >= 11 is 5.80. The summed E-state index contributed by atoms with van der Waals surface area (Å²) < 4.78 is 38.6. The van der Waals surface area contributed by atoms with Crippen molar-refractivity contribution in [2.75, 3.05) is 13.7 Å². The molecule has 1 aromatic carbocycles. The molecule has 1 unspecified atom stereocenters. The molecule has 30 heavy (non-hydrogen) atoms. The predicted molar refractivity (Wildman–Crippen MR) is 105 cm³/mol. The van der Waals surface area contributed by atoms with Crippen LogP contribution in [-0.2, 0) is 11.3 Å². The minimum atomic E-state index is -1.12. The van der Waals surface area contributed by atoms with Gasteiger partial charge in [0, 0.05) is 30.4 Å². The van der Waals surface area contributed by atoms with Crippen molar-refractivity contribution in [2.24, 2.45) is 0 Å². The maximum atomic E-state index is 14.0. The highest BCUT2D eigenvalue weighted by Gasteiger charge is 2.32. The fourth-order valence-corrected chi connectivity index (χ4v) is 4.08. The molecule has 0 saturated carbocycles. The lowest BCUT2D eigenvalue weighted by molar-refractivity contribution is 0.0333. The number of aromatic nitrogens is 2. The highest BCUT2D eigenvalue weighted by molar-refractivity contribution is 6.29. The molecule has 0 radical (unpaired) electrons. The quantitative estimate of drug-likeness (QED) is 0.502. The minimum Gasteiger partial charge on any atom is -0.443 e. The Morgan fingerprint density at radius 2 is 1.90 bits per heavy atom. The van der Waals surface area contributed by atoms with Crippen molar-refractivity contribution < 1.29 is 22.7 Å². The first kappa shape index (κ1) is 18.8. The number of fused-ring (bicyclic) bond motifs is 4. The zero-order valence-corrected chi connectivity index (χ0v) is 16.3. The fraction of sp³-hybridized carbons (Fsp3) is 0.200. The summed E-state index contributed by atoms with van der Waals surface area (Å²) in [6, 6.07) is 4.30. The average molecular weight is 434 g/mol. The standard InChI is InChI=1S/C20H14ClF2N3O4/c1-26(20(28)13-4-16-12(24-13)5-17(21)30-16)15-7-29-6-14-18(15)8-2-10(22)11(23)3-9(8)19(27)25-14/h2-5,15,24H,6-7H2,1H3,(H,25,27). The van der Waals surface area contributed by atoms with Crippen molar-refractivity contribution >= 4 is 39.4 Å². The number of carbonyl (C=O) groups excluding carboxylic acids is 1. The molecule has 0 fully saturated rings. The van der Waals surface area contributed by atoms with E-state index in [1.54, 1.807) is 13.1 Å². The smallest absolute Gasteiger partial charge is 0.270 e. The van der Waals surface area contributed by atoms with Crippen molar-refractivity contribution in [3.63, 3.8) is 0 Å². The number of nitrogens with zero attached hydrogens (tertiary/aromatic N) is 1. The molecule has 0 saturated heterocycles. The zero-order chi connectivity index (χ0) is 21.2. The van der Waals surface area contributed by atoms with Gasteiger partial charge in [0.25, 0.3) is 11.5 Å². The number of H-pyrrole nitrogens is 2. The van der Waals surface area contributed by atoms with E-state index < -0.39 is 23.2 Å². The van der Waals surface area contributed by atoms with Gasteiger partial charge in [-0.25, -0.2) is 8.78 Å². The van der Waals surface area contributed by atoms with Crippen LogP contribution in [0.2, 0.25) is 5.22 Å². The molecule has 0 spiro atoms. The third-order valence-electron chi connectivity index (χ3n) is 5.33. The number of hydrogen-bond donors (Lipinski definition) is 2. The number of benzene rings is 1. The van der Waals surface area contributed by atoms with Gasteiger partial charge in [0.1, 0.15) is 5.69 Å². The van der Waals surface area contributed by atoms with E-state index in [2.05, 4.69) is 9.97 Å². The van der Waals surface area contributed by atoms with Gasteiger partial charge in [0.2, 0.25) is 0 Å². The molecule has 4 aromatic rings. The molecule has 10 heteroatoms. The molecule has 1 aliphatic heterocycles. The third-order valence-corrected chi connectivity index (χ3v) is 5.52. The maximum Gasteiger partial charge on any atom is 0.270 e. The van der Waals surface area contributed by atoms with Crippen molar-refractivity contribution in [1.29, 1.82) is 0 Å². The maximum absolute atomic E-state index is 14.0. The highest BCUT2D eigenvalue weighted by atomic mass is 35.5. The van der Waals surface area contributed by atoms with Crippen LogP contribution in [0, 0.1) is 11.6 Å². The van der Waals surface area contributed by atoms with Crippen LogP contribution in [0.3, 0.4) is 0 Å². The number of hydrogen-bond acceptors (Lipinski definition) is 4. The van der Waals surface area contributed by atoms with Gasteiger partial charge < -0.3 is 24.0 Å². The van der Waals surface area contributed by atoms with Crippen LogP contribution in [0.25, 0.3) is 21.9 Å². The Morgan fingerprint density at radius 1 is 1.17 bits per heavy atom. The first-order chi connectivity index (χ1) is 14.3. The third kappa shape index (κ3) is 2.81. The molecule has 154 valence electrons. The Kier molecular flexibility index (Phi) is 4.19. The van der Waals surface area contributed by atoms with Crippen LogP contribution in [0.4, 0.5) is 8.78 Å².